The second-order valence-electron chi connectivity index (χ2n) is 6.72. The van der Waals surface area contributed by atoms with Gasteiger partial charge in [-0.15, -0.1) is 0 Å². The Labute approximate surface area is 151 Å². The normalized spacial score (nSPS) is 11.2. The van der Waals surface area contributed by atoms with Crippen LogP contribution in [-0.2, 0) is 0 Å². The van der Waals surface area contributed by atoms with E-state index in [4.69, 9.17) is 11.5 Å². The predicted molar refractivity (Wildman–Crippen MR) is 108 cm³/mol. The molecule has 5 heteroatoms. The zero-order valence-corrected chi connectivity index (χ0v) is 16.1. The van der Waals surface area contributed by atoms with Gasteiger partial charge in [-0.25, -0.2) is 0 Å². The molecule has 0 radical (unpaired) electrons. The lowest BCUT2D eigenvalue weighted by Gasteiger charge is -2.06. The monoisotopic (exact) mass is 343 g/mol. The summed E-state index contributed by atoms with van der Waals surface area (Å²) in [5, 5.41) is 10.3. The van der Waals surface area contributed by atoms with Crippen molar-refractivity contribution in [3.05, 3.63) is 0 Å². The average molecular weight is 344 g/mol. The summed E-state index contributed by atoms with van der Waals surface area (Å²) >= 11 is 0. The molecule has 5 nitrogen and oxygen atoms in total. The van der Waals surface area contributed by atoms with Crippen LogP contribution in [0.1, 0.15) is 70.6 Å². The van der Waals surface area contributed by atoms with E-state index >= 15 is 0 Å². The molecule has 24 heavy (non-hydrogen) atoms. The van der Waals surface area contributed by atoms with E-state index in [9.17, 15) is 0 Å². The highest BCUT2D eigenvalue weighted by Gasteiger charge is 1.94. The molecule has 7 N–H and O–H groups in total. The van der Waals surface area contributed by atoms with Gasteiger partial charge >= 0.3 is 0 Å². The van der Waals surface area contributed by atoms with E-state index in [1.54, 1.807) is 0 Å². The van der Waals surface area contributed by atoms with Crippen LogP contribution in [0.4, 0.5) is 0 Å². The van der Waals surface area contributed by atoms with Crippen LogP contribution in [0.2, 0.25) is 0 Å². The Balaban J connectivity index is 2.93. The van der Waals surface area contributed by atoms with Crippen LogP contribution < -0.4 is 27.4 Å². The number of nitrogens with one attached hydrogen (secondary N) is 3. The van der Waals surface area contributed by atoms with Gasteiger partial charge in [0, 0.05) is 26.2 Å². The van der Waals surface area contributed by atoms with Crippen LogP contribution in [0.25, 0.3) is 0 Å². The minimum absolute atomic E-state index is 0.748. The summed E-state index contributed by atoms with van der Waals surface area (Å²) in [4.78, 5) is 0. The highest BCUT2D eigenvalue weighted by molar-refractivity contribution is 4.54. The summed E-state index contributed by atoms with van der Waals surface area (Å²) in [6.07, 6.45) is 14.8. The molecule has 0 aromatic carbocycles. The molecule has 0 saturated carbocycles. The Bertz CT molecular complexity index is 192. The summed E-state index contributed by atoms with van der Waals surface area (Å²) in [5.74, 6) is 0. The first-order valence-corrected chi connectivity index (χ1v) is 10.4. The molecule has 0 rings (SSSR count). The Morgan fingerprint density at radius 2 is 0.583 bits per heavy atom. The first kappa shape index (κ1) is 23.8. The third kappa shape index (κ3) is 21.8. The lowest BCUT2D eigenvalue weighted by atomic mass is 10.1. The van der Waals surface area contributed by atoms with Crippen LogP contribution in [0.3, 0.4) is 0 Å². The van der Waals surface area contributed by atoms with Gasteiger partial charge in [0.1, 0.15) is 0 Å². The van der Waals surface area contributed by atoms with Crippen molar-refractivity contribution in [3.63, 3.8) is 0 Å². The van der Waals surface area contributed by atoms with E-state index in [1.807, 2.05) is 0 Å². The minimum atomic E-state index is 0.748. The number of hydrogen-bond acceptors (Lipinski definition) is 5. The van der Waals surface area contributed by atoms with E-state index < -0.39 is 0 Å². The molecule has 0 aliphatic rings. The van der Waals surface area contributed by atoms with Crippen LogP contribution in [0.15, 0.2) is 0 Å². The molecule has 0 aliphatic carbocycles. The smallest absolute Gasteiger partial charge is 0.00745 e. The van der Waals surface area contributed by atoms with E-state index in [2.05, 4.69) is 16.0 Å². The zero-order valence-electron chi connectivity index (χ0n) is 16.1. The molecule has 0 fully saturated rings. The number of hydrogen-bond donors (Lipinski definition) is 5. The fourth-order valence-electron chi connectivity index (χ4n) is 2.82. The summed E-state index contributed by atoms with van der Waals surface area (Å²) in [5.41, 5.74) is 10.9. The highest BCUT2D eigenvalue weighted by Crippen LogP contribution is 2.05. The van der Waals surface area contributed by atoms with Gasteiger partial charge < -0.3 is 27.4 Å². The van der Waals surface area contributed by atoms with Crippen LogP contribution in [0.5, 0.6) is 0 Å². The molecule has 0 saturated heterocycles. The van der Waals surface area contributed by atoms with Gasteiger partial charge in [0.05, 0.1) is 0 Å². The van der Waals surface area contributed by atoms with Gasteiger partial charge in [0.2, 0.25) is 0 Å². The molecule has 0 aliphatic heterocycles. The van der Waals surface area contributed by atoms with Gasteiger partial charge in [-0.3, -0.25) is 0 Å². The maximum Gasteiger partial charge on any atom is 0.00745 e. The molecule has 0 amide bonds. The van der Waals surface area contributed by atoms with E-state index in [-0.39, 0.29) is 0 Å². The molecular formula is C19H45N5. The standard InChI is InChI=1S/C19H45N5/c20-12-18-23-16-10-5-2-1-4-8-14-22-15-9-6-3-7-11-17-24-19-13-21/h22-24H,1-21H2. The Morgan fingerprint density at radius 3 is 0.875 bits per heavy atom. The SMILES string of the molecule is NCCNCCCCCCCCNCCCCCCCNCCN. The second kappa shape index (κ2) is 22.8. The summed E-state index contributed by atoms with van der Waals surface area (Å²) in [7, 11) is 0. The highest BCUT2D eigenvalue weighted by atomic mass is 14.9. The first-order chi connectivity index (χ1) is 11.9. The number of unbranched alkanes of at least 4 members (excludes halogenated alkanes) is 9. The molecule has 0 spiro atoms. The van der Waals surface area contributed by atoms with Crippen molar-refractivity contribution in [3.8, 4) is 0 Å². The maximum atomic E-state index is 5.44. The summed E-state index contributed by atoms with van der Waals surface area (Å²) in [6.45, 7) is 8.05. The van der Waals surface area contributed by atoms with Crippen molar-refractivity contribution in [2.24, 2.45) is 11.5 Å². The van der Waals surface area contributed by atoms with Gasteiger partial charge in [0.25, 0.3) is 0 Å². The molecule has 0 aromatic rings. The van der Waals surface area contributed by atoms with Crippen LogP contribution in [-0.4, -0.2) is 52.4 Å². The van der Waals surface area contributed by atoms with Gasteiger partial charge in [-0.1, -0.05) is 44.9 Å². The van der Waals surface area contributed by atoms with Crippen LogP contribution in [0, 0.1) is 0 Å². The fourth-order valence-corrected chi connectivity index (χ4v) is 2.82. The largest absolute Gasteiger partial charge is 0.329 e. The average Bonchev–Trinajstić information content (AvgIpc) is 2.60. The Hall–Kier alpha value is -0.200. The van der Waals surface area contributed by atoms with Gasteiger partial charge in [-0.2, -0.15) is 0 Å². The van der Waals surface area contributed by atoms with E-state index in [0.717, 1.165) is 39.3 Å². The van der Waals surface area contributed by atoms with Crippen molar-refractivity contribution >= 4 is 0 Å². The van der Waals surface area contributed by atoms with E-state index in [0.29, 0.717) is 0 Å². The third-order valence-electron chi connectivity index (χ3n) is 4.31. The molecule has 0 bridgehead atoms. The van der Waals surface area contributed by atoms with Crippen LogP contribution >= 0.6 is 0 Å². The number of nitrogens with two attached hydrogens (primary N) is 2. The second-order valence-corrected chi connectivity index (χ2v) is 6.72. The topological polar surface area (TPSA) is 88.1 Å². The molecule has 0 aromatic heterocycles. The minimum Gasteiger partial charge on any atom is -0.329 e. The summed E-state index contributed by atoms with van der Waals surface area (Å²) in [6, 6.07) is 0. The first-order valence-electron chi connectivity index (χ1n) is 10.4. The lowest BCUT2D eigenvalue weighted by Crippen LogP contribution is -2.23. The van der Waals surface area contributed by atoms with Crippen molar-refractivity contribution in [2.45, 2.75) is 70.6 Å². The Morgan fingerprint density at radius 1 is 0.333 bits per heavy atom. The van der Waals surface area contributed by atoms with Gasteiger partial charge in [0.15, 0.2) is 0 Å². The maximum absolute atomic E-state index is 5.44. The summed E-state index contributed by atoms with van der Waals surface area (Å²) < 4.78 is 0. The predicted octanol–water partition coefficient (Wildman–Crippen LogP) is 1.96. The van der Waals surface area contributed by atoms with E-state index in [1.165, 1.54) is 83.7 Å². The fraction of sp³-hybridized carbons (Fsp3) is 1.00. The van der Waals surface area contributed by atoms with Crippen molar-refractivity contribution < 1.29 is 0 Å². The number of rotatable bonds is 21. The van der Waals surface area contributed by atoms with Crippen molar-refractivity contribution in [1.29, 1.82) is 0 Å². The molecule has 146 valence electrons. The molecule has 0 atom stereocenters. The third-order valence-corrected chi connectivity index (χ3v) is 4.31. The quantitative estimate of drug-likeness (QED) is 0.206. The Kier molecular flexibility index (Phi) is 22.6. The zero-order chi connectivity index (χ0) is 17.6. The van der Waals surface area contributed by atoms with Crippen molar-refractivity contribution in [1.82, 2.24) is 16.0 Å². The molecular weight excluding hydrogens is 298 g/mol. The van der Waals surface area contributed by atoms with Gasteiger partial charge in [-0.05, 0) is 51.9 Å². The van der Waals surface area contributed by atoms with Crippen molar-refractivity contribution in [2.75, 3.05) is 52.4 Å². The lowest BCUT2D eigenvalue weighted by molar-refractivity contribution is 0.532. The molecule has 0 unspecified atom stereocenters. The molecule has 0 heterocycles.